The van der Waals surface area contributed by atoms with E-state index in [0.29, 0.717) is 5.88 Å². The summed E-state index contributed by atoms with van der Waals surface area (Å²) in [6.07, 6.45) is 0. The Labute approximate surface area is 111 Å². The number of benzene rings is 1. The van der Waals surface area contributed by atoms with Crippen LogP contribution >= 0.6 is 11.8 Å². The van der Waals surface area contributed by atoms with Crippen LogP contribution in [0.25, 0.3) is 0 Å². The summed E-state index contributed by atoms with van der Waals surface area (Å²) < 4.78 is 4.97. The van der Waals surface area contributed by atoms with Gasteiger partial charge in [0.25, 0.3) is 0 Å². The summed E-state index contributed by atoms with van der Waals surface area (Å²) in [7, 11) is 1.58. The van der Waals surface area contributed by atoms with Crippen LogP contribution in [-0.2, 0) is 5.75 Å². The highest BCUT2D eigenvalue weighted by Gasteiger charge is 2.04. The normalized spacial score (nSPS) is 10.3. The van der Waals surface area contributed by atoms with Gasteiger partial charge >= 0.3 is 0 Å². The molecule has 0 bridgehead atoms. The fraction of sp³-hybridized carbons (Fsp3) is 0.231. The van der Waals surface area contributed by atoms with Crippen molar-refractivity contribution in [1.29, 1.82) is 0 Å². The van der Waals surface area contributed by atoms with E-state index in [2.05, 4.69) is 16.3 Å². The second-order valence-electron chi connectivity index (χ2n) is 3.83. The average Bonchev–Trinajstić information content (AvgIpc) is 2.41. The Morgan fingerprint density at radius 1 is 1.22 bits per heavy atom. The molecule has 0 aliphatic heterocycles. The lowest BCUT2D eigenvalue weighted by Gasteiger charge is -2.07. The van der Waals surface area contributed by atoms with E-state index in [1.54, 1.807) is 18.9 Å². The van der Waals surface area contributed by atoms with Gasteiger partial charge in [0, 0.05) is 22.4 Å². The van der Waals surface area contributed by atoms with Crippen LogP contribution in [0.3, 0.4) is 0 Å². The molecule has 94 valence electrons. The molecular weight excluding hydrogens is 246 g/mol. The first-order chi connectivity index (χ1) is 8.70. The summed E-state index contributed by atoms with van der Waals surface area (Å²) in [5.74, 6) is 1.30. The molecular formula is C13H15N3OS. The van der Waals surface area contributed by atoms with E-state index in [9.17, 15) is 0 Å². The second kappa shape index (κ2) is 5.73. The molecule has 0 atom stereocenters. The van der Waals surface area contributed by atoms with Crippen molar-refractivity contribution in [2.45, 2.75) is 17.6 Å². The van der Waals surface area contributed by atoms with Gasteiger partial charge in [0.15, 0.2) is 0 Å². The van der Waals surface area contributed by atoms with E-state index < -0.39 is 0 Å². The van der Waals surface area contributed by atoms with Crippen LogP contribution in [-0.4, -0.2) is 17.3 Å². The molecule has 0 aliphatic rings. The molecule has 4 nitrogen and oxygen atoms in total. The van der Waals surface area contributed by atoms with E-state index in [0.717, 1.165) is 22.7 Å². The monoisotopic (exact) mass is 261 g/mol. The molecule has 2 rings (SSSR count). The standard InChI is InChI=1S/C13H15N3OS/c1-9-11(14)4-3-5-12(9)18-8-10-6-7-13(17-2)16-15-10/h3-7H,8,14H2,1-2H3. The SMILES string of the molecule is COc1ccc(CSc2cccc(N)c2C)nn1. The maximum Gasteiger partial charge on any atom is 0.233 e. The van der Waals surface area contributed by atoms with Gasteiger partial charge in [-0.05, 0) is 30.7 Å². The number of hydrogen-bond donors (Lipinski definition) is 1. The zero-order valence-electron chi connectivity index (χ0n) is 10.4. The Balaban J connectivity index is 2.04. The van der Waals surface area contributed by atoms with Crippen LogP contribution in [0.15, 0.2) is 35.2 Å². The number of nitrogens with zero attached hydrogens (tertiary/aromatic N) is 2. The fourth-order valence-electron chi connectivity index (χ4n) is 1.47. The number of nitrogen functional groups attached to an aromatic ring is 1. The van der Waals surface area contributed by atoms with Crippen LogP contribution in [0.5, 0.6) is 5.88 Å². The maximum absolute atomic E-state index is 5.87. The van der Waals surface area contributed by atoms with Crippen molar-refractivity contribution in [2.24, 2.45) is 0 Å². The van der Waals surface area contributed by atoms with Crippen molar-refractivity contribution in [2.75, 3.05) is 12.8 Å². The molecule has 0 unspecified atom stereocenters. The lowest BCUT2D eigenvalue weighted by atomic mass is 10.2. The zero-order chi connectivity index (χ0) is 13.0. The Hall–Kier alpha value is -1.75. The van der Waals surface area contributed by atoms with Crippen LogP contribution < -0.4 is 10.5 Å². The van der Waals surface area contributed by atoms with Crippen LogP contribution in [0.4, 0.5) is 5.69 Å². The van der Waals surface area contributed by atoms with Crippen molar-refractivity contribution >= 4 is 17.4 Å². The predicted molar refractivity (Wildman–Crippen MR) is 73.7 cm³/mol. The van der Waals surface area contributed by atoms with Crippen LogP contribution in [0.2, 0.25) is 0 Å². The van der Waals surface area contributed by atoms with Gasteiger partial charge in [0.05, 0.1) is 12.8 Å². The van der Waals surface area contributed by atoms with Gasteiger partial charge in [0.1, 0.15) is 0 Å². The lowest BCUT2D eigenvalue weighted by Crippen LogP contribution is -1.95. The molecule has 1 aromatic carbocycles. The highest BCUT2D eigenvalue weighted by Crippen LogP contribution is 2.28. The largest absolute Gasteiger partial charge is 0.480 e. The van der Waals surface area contributed by atoms with E-state index in [1.165, 1.54) is 4.90 Å². The molecule has 0 saturated carbocycles. The minimum absolute atomic E-state index is 0.531. The minimum Gasteiger partial charge on any atom is -0.480 e. The minimum atomic E-state index is 0.531. The molecule has 0 fully saturated rings. The highest BCUT2D eigenvalue weighted by molar-refractivity contribution is 7.98. The Morgan fingerprint density at radius 3 is 2.72 bits per heavy atom. The number of aromatic nitrogens is 2. The van der Waals surface area contributed by atoms with E-state index in [4.69, 9.17) is 10.5 Å². The number of anilines is 1. The van der Waals surface area contributed by atoms with Gasteiger partial charge in [-0.3, -0.25) is 0 Å². The molecule has 0 spiro atoms. The second-order valence-corrected chi connectivity index (χ2v) is 4.84. The van der Waals surface area contributed by atoms with Crippen molar-refractivity contribution in [3.63, 3.8) is 0 Å². The Morgan fingerprint density at radius 2 is 2.06 bits per heavy atom. The number of methoxy groups -OCH3 is 1. The van der Waals surface area contributed by atoms with E-state index in [-0.39, 0.29) is 0 Å². The molecule has 1 aromatic heterocycles. The third kappa shape index (κ3) is 2.92. The van der Waals surface area contributed by atoms with Gasteiger partial charge < -0.3 is 10.5 Å². The fourth-order valence-corrected chi connectivity index (χ4v) is 2.44. The van der Waals surface area contributed by atoms with Gasteiger partial charge in [-0.15, -0.1) is 16.9 Å². The molecule has 0 amide bonds. The third-order valence-electron chi connectivity index (χ3n) is 2.61. The smallest absolute Gasteiger partial charge is 0.233 e. The molecule has 0 saturated heterocycles. The molecule has 2 aromatic rings. The zero-order valence-corrected chi connectivity index (χ0v) is 11.2. The number of rotatable bonds is 4. The Bertz CT molecular complexity index is 528. The average molecular weight is 261 g/mol. The summed E-state index contributed by atoms with van der Waals surface area (Å²) in [5, 5.41) is 8.03. The van der Waals surface area contributed by atoms with Crippen LogP contribution in [0.1, 0.15) is 11.3 Å². The summed E-state index contributed by atoms with van der Waals surface area (Å²) in [6, 6.07) is 9.67. The summed E-state index contributed by atoms with van der Waals surface area (Å²) in [6.45, 7) is 2.03. The molecule has 5 heteroatoms. The van der Waals surface area contributed by atoms with E-state index in [1.807, 2.05) is 31.2 Å². The molecule has 18 heavy (non-hydrogen) atoms. The first kappa shape index (κ1) is 12.7. The number of nitrogens with two attached hydrogens (primary N) is 1. The Kier molecular flexibility index (Phi) is 4.04. The first-order valence-corrected chi connectivity index (χ1v) is 6.53. The van der Waals surface area contributed by atoms with E-state index >= 15 is 0 Å². The molecule has 2 N–H and O–H groups in total. The maximum atomic E-state index is 5.87. The molecule has 0 radical (unpaired) electrons. The van der Waals surface area contributed by atoms with Crippen molar-refractivity contribution in [3.8, 4) is 5.88 Å². The first-order valence-electron chi connectivity index (χ1n) is 5.55. The number of hydrogen-bond acceptors (Lipinski definition) is 5. The number of ether oxygens (including phenoxy) is 1. The third-order valence-corrected chi connectivity index (χ3v) is 3.80. The molecule has 0 aliphatic carbocycles. The summed E-state index contributed by atoms with van der Waals surface area (Å²) in [5.41, 5.74) is 8.72. The quantitative estimate of drug-likeness (QED) is 0.677. The van der Waals surface area contributed by atoms with Gasteiger partial charge in [-0.25, -0.2) is 0 Å². The van der Waals surface area contributed by atoms with Gasteiger partial charge in [-0.1, -0.05) is 6.07 Å². The molecule has 1 heterocycles. The van der Waals surface area contributed by atoms with Gasteiger partial charge in [-0.2, -0.15) is 5.10 Å². The summed E-state index contributed by atoms with van der Waals surface area (Å²) in [4.78, 5) is 1.17. The topological polar surface area (TPSA) is 61.0 Å². The summed E-state index contributed by atoms with van der Waals surface area (Å²) >= 11 is 1.70. The predicted octanol–water partition coefficient (Wildman–Crippen LogP) is 2.67. The van der Waals surface area contributed by atoms with Crippen molar-refractivity contribution < 1.29 is 4.74 Å². The lowest BCUT2D eigenvalue weighted by molar-refractivity contribution is 0.391. The van der Waals surface area contributed by atoms with Crippen molar-refractivity contribution in [3.05, 3.63) is 41.6 Å². The number of thioether (sulfide) groups is 1. The highest BCUT2D eigenvalue weighted by atomic mass is 32.2. The van der Waals surface area contributed by atoms with Gasteiger partial charge in [0.2, 0.25) is 5.88 Å². The van der Waals surface area contributed by atoms with Crippen molar-refractivity contribution in [1.82, 2.24) is 10.2 Å². The van der Waals surface area contributed by atoms with Crippen LogP contribution in [0, 0.1) is 6.92 Å².